The smallest absolute Gasteiger partial charge is 0.246 e. The Bertz CT molecular complexity index is 1050. The predicted octanol–water partition coefficient (Wildman–Crippen LogP) is 5.05. The molecule has 0 N–H and O–H groups in total. The van der Waals surface area contributed by atoms with Crippen LogP contribution < -0.4 is 4.74 Å². The van der Waals surface area contributed by atoms with E-state index in [1.165, 1.54) is 11.3 Å². The van der Waals surface area contributed by atoms with Gasteiger partial charge in [0.05, 0.1) is 11.5 Å². The second kappa shape index (κ2) is 11.7. The fraction of sp³-hybridized carbons (Fsp3) is 0.464. The molecule has 2 amide bonds. The molecule has 35 heavy (non-hydrogen) atoms. The van der Waals surface area contributed by atoms with Gasteiger partial charge in [0.1, 0.15) is 5.75 Å². The first-order valence-electron chi connectivity index (χ1n) is 12.5. The molecule has 3 heterocycles. The first kappa shape index (κ1) is 25.2. The summed E-state index contributed by atoms with van der Waals surface area (Å²) in [6, 6.07) is 11.4. The monoisotopic (exact) mass is 494 g/mol. The topological polar surface area (TPSA) is 66.9 Å². The van der Waals surface area contributed by atoms with Crippen molar-refractivity contribution < 1.29 is 19.1 Å². The highest BCUT2D eigenvalue weighted by molar-refractivity contribution is 7.12. The van der Waals surface area contributed by atoms with Gasteiger partial charge in [-0.3, -0.25) is 14.4 Å². The van der Waals surface area contributed by atoms with Crippen molar-refractivity contribution in [2.45, 2.75) is 45.4 Å². The van der Waals surface area contributed by atoms with E-state index in [-0.39, 0.29) is 23.0 Å². The van der Waals surface area contributed by atoms with Crippen LogP contribution in [-0.4, -0.2) is 60.2 Å². The number of amides is 2. The minimum atomic E-state index is 0.0208. The Morgan fingerprint density at radius 1 is 1.00 bits per heavy atom. The summed E-state index contributed by atoms with van der Waals surface area (Å²) in [4.78, 5) is 42.3. The number of para-hydroxylation sites is 1. The van der Waals surface area contributed by atoms with Crippen LogP contribution in [0.3, 0.4) is 0 Å². The maximum Gasteiger partial charge on any atom is 0.246 e. The third-order valence-corrected chi connectivity index (χ3v) is 8.05. The molecule has 0 radical (unpaired) electrons. The minimum Gasteiger partial charge on any atom is -0.493 e. The fourth-order valence-corrected chi connectivity index (χ4v) is 5.74. The highest BCUT2D eigenvalue weighted by Crippen LogP contribution is 2.40. The predicted molar refractivity (Wildman–Crippen MR) is 139 cm³/mol. The van der Waals surface area contributed by atoms with Gasteiger partial charge >= 0.3 is 0 Å². The largest absolute Gasteiger partial charge is 0.493 e. The first-order valence-corrected chi connectivity index (χ1v) is 13.4. The van der Waals surface area contributed by atoms with Gasteiger partial charge in [-0.1, -0.05) is 24.3 Å². The number of rotatable bonds is 9. The van der Waals surface area contributed by atoms with Gasteiger partial charge in [0.25, 0.3) is 0 Å². The van der Waals surface area contributed by atoms with Crippen LogP contribution in [0.15, 0.2) is 47.9 Å². The van der Waals surface area contributed by atoms with Crippen LogP contribution in [0.4, 0.5) is 0 Å². The summed E-state index contributed by atoms with van der Waals surface area (Å²) in [5.74, 6) is 1.07. The summed E-state index contributed by atoms with van der Waals surface area (Å²) in [5.41, 5.74) is 1.02. The Labute approximate surface area is 211 Å². The van der Waals surface area contributed by atoms with Crippen molar-refractivity contribution in [3.8, 4) is 5.75 Å². The molecule has 0 saturated carbocycles. The maximum absolute atomic E-state index is 12.8. The number of piperidine rings is 1. The molecule has 0 aliphatic carbocycles. The summed E-state index contributed by atoms with van der Waals surface area (Å²) in [6.07, 6.45) is 7.74. The van der Waals surface area contributed by atoms with E-state index in [2.05, 4.69) is 0 Å². The van der Waals surface area contributed by atoms with E-state index in [1.54, 1.807) is 6.08 Å². The van der Waals surface area contributed by atoms with Gasteiger partial charge < -0.3 is 14.5 Å². The molecule has 0 bridgehead atoms. The quantitative estimate of drug-likeness (QED) is 0.361. The minimum absolute atomic E-state index is 0.0208. The molecular formula is C28H34N2O4S. The molecule has 0 unspecified atom stereocenters. The van der Waals surface area contributed by atoms with Crippen LogP contribution in [0.1, 0.15) is 60.7 Å². The second-order valence-corrected chi connectivity index (χ2v) is 10.4. The molecule has 6 nitrogen and oxygen atoms in total. The van der Waals surface area contributed by atoms with E-state index >= 15 is 0 Å². The second-order valence-electron chi connectivity index (χ2n) is 9.45. The molecule has 1 aromatic heterocycles. The Balaban J connectivity index is 1.22. The molecule has 0 atom stereocenters. The third kappa shape index (κ3) is 6.40. The molecular weight excluding hydrogens is 460 g/mol. The zero-order valence-electron chi connectivity index (χ0n) is 20.4. The number of carbonyl (C=O) groups excluding carboxylic acids is 3. The Morgan fingerprint density at radius 2 is 1.74 bits per heavy atom. The van der Waals surface area contributed by atoms with Crippen molar-refractivity contribution in [2.75, 3.05) is 32.8 Å². The SMILES string of the molecule is CCOc1ccccc1/C=C/C(=O)N1CCC2(CC1)CCN(C(=O)CCCC(=O)c1cccs1)C2. The summed E-state index contributed by atoms with van der Waals surface area (Å²) in [6.45, 7) is 5.51. The highest BCUT2D eigenvalue weighted by Gasteiger charge is 2.42. The van der Waals surface area contributed by atoms with Crippen LogP contribution in [0.25, 0.3) is 6.08 Å². The third-order valence-electron chi connectivity index (χ3n) is 7.14. The molecule has 2 aliphatic heterocycles. The van der Waals surface area contributed by atoms with Gasteiger partial charge in [-0.05, 0) is 61.6 Å². The lowest BCUT2D eigenvalue weighted by Crippen LogP contribution is -2.44. The molecule has 1 spiro atoms. The number of nitrogens with zero attached hydrogens (tertiary/aromatic N) is 2. The van der Waals surface area contributed by atoms with E-state index in [0.29, 0.717) is 39.0 Å². The Morgan fingerprint density at radius 3 is 2.46 bits per heavy atom. The molecule has 7 heteroatoms. The zero-order valence-corrected chi connectivity index (χ0v) is 21.2. The van der Waals surface area contributed by atoms with Crippen molar-refractivity contribution in [1.29, 1.82) is 0 Å². The fourth-order valence-electron chi connectivity index (χ4n) is 5.05. The van der Waals surface area contributed by atoms with Gasteiger partial charge in [0.2, 0.25) is 11.8 Å². The molecule has 1 aromatic carbocycles. The average molecular weight is 495 g/mol. The lowest BCUT2D eigenvalue weighted by Gasteiger charge is -2.39. The van der Waals surface area contributed by atoms with Gasteiger partial charge in [0.15, 0.2) is 5.78 Å². The number of thiophene rings is 1. The van der Waals surface area contributed by atoms with Crippen molar-refractivity contribution in [1.82, 2.24) is 9.80 Å². The van der Waals surface area contributed by atoms with E-state index < -0.39 is 0 Å². The van der Waals surface area contributed by atoms with E-state index in [0.717, 1.165) is 48.5 Å². The number of Topliss-reactive ketones (excluding diaryl/α,β-unsaturated/α-hetero) is 1. The van der Waals surface area contributed by atoms with Crippen molar-refractivity contribution in [3.63, 3.8) is 0 Å². The van der Waals surface area contributed by atoms with Crippen molar-refractivity contribution in [2.24, 2.45) is 5.41 Å². The number of ether oxygens (including phenoxy) is 1. The molecule has 2 aliphatic rings. The van der Waals surface area contributed by atoms with Crippen molar-refractivity contribution >= 4 is 35.0 Å². The van der Waals surface area contributed by atoms with Crippen LogP contribution in [0, 0.1) is 5.41 Å². The Kier molecular flexibility index (Phi) is 8.39. The molecule has 4 rings (SSSR count). The van der Waals surface area contributed by atoms with E-state index in [9.17, 15) is 14.4 Å². The van der Waals surface area contributed by atoms with Crippen LogP contribution >= 0.6 is 11.3 Å². The van der Waals surface area contributed by atoms with Crippen molar-refractivity contribution in [3.05, 3.63) is 58.3 Å². The summed E-state index contributed by atoms with van der Waals surface area (Å²) in [5, 5.41) is 1.90. The Hall–Kier alpha value is -2.93. The first-order chi connectivity index (χ1) is 17.0. The number of likely N-dealkylation sites (tertiary alicyclic amines) is 2. The average Bonchev–Trinajstić information content (AvgIpc) is 3.55. The summed E-state index contributed by atoms with van der Waals surface area (Å²) in [7, 11) is 0. The van der Waals surface area contributed by atoms with Crippen LogP contribution in [0.2, 0.25) is 0 Å². The van der Waals surface area contributed by atoms with Gasteiger partial charge in [0, 0.05) is 50.7 Å². The van der Waals surface area contributed by atoms with Gasteiger partial charge in [-0.15, -0.1) is 11.3 Å². The van der Waals surface area contributed by atoms with Gasteiger partial charge in [-0.25, -0.2) is 0 Å². The number of benzene rings is 1. The van der Waals surface area contributed by atoms with E-state index in [1.807, 2.05) is 64.6 Å². The molecule has 186 valence electrons. The standard InChI is InChI=1S/C28H34N2O4S/c1-2-34-24-9-4-3-7-22(24)12-13-27(33)29-17-14-28(15-18-29)16-19-30(21-28)26(32)11-5-8-23(31)25-10-6-20-35-25/h3-4,6-7,9-10,12-13,20H,2,5,8,11,14-19,21H2,1H3/b13-12+. The number of hydrogen-bond acceptors (Lipinski definition) is 5. The normalized spacial score (nSPS) is 17.3. The highest BCUT2D eigenvalue weighted by atomic mass is 32.1. The summed E-state index contributed by atoms with van der Waals surface area (Å²) < 4.78 is 5.64. The maximum atomic E-state index is 12.8. The number of hydrogen-bond donors (Lipinski definition) is 0. The number of ketones is 1. The molecule has 2 saturated heterocycles. The zero-order chi connectivity index (χ0) is 24.7. The summed E-state index contributed by atoms with van der Waals surface area (Å²) >= 11 is 1.45. The molecule has 2 aromatic rings. The van der Waals surface area contributed by atoms with E-state index in [4.69, 9.17) is 4.74 Å². The van der Waals surface area contributed by atoms with Gasteiger partial charge in [-0.2, -0.15) is 0 Å². The number of carbonyl (C=O) groups is 3. The van der Waals surface area contributed by atoms with Crippen LogP contribution in [-0.2, 0) is 9.59 Å². The van der Waals surface area contributed by atoms with Crippen LogP contribution in [0.5, 0.6) is 5.75 Å². The molecule has 2 fully saturated rings. The lowest BCUT2D eigenvalue weighted by atomic mass is 9.78. The lowest BCUT2D eigenvalue weighted by molar-refractivity contribution is -0.132.